The van der Waals surface area contributed by atoms with Gasteiger partial charge in [0.2, 0.25) is 11.8 Å². The molecule has 2 aliphatic rings. The minimum Gasteiger partial charge on any atom is -0.403 e. The summed E-state index contributed by atoms with van der Waals surface area (Å²) in [5.74, 6) is 0.738. The highest BCUT2D eigenvalue weighted by molar-refractivity contribution is 5.78. The number of aromatic nitrogens is 2. The van der Waals surface area contributed by atoms with E-state index in [1.807, 2.05) is 31.2 Å². The fourth-order valence-electron chi connectivity index (χ4n) is 3.80. The minimum absolute atomic E-state index is 0.0513. The summed E-state index contributed by atoms with van der Waals surface area (Å²) in [6.45, 7) is 8.59. The molecule has 2 fully saturated rings. The van der Waals surface area contributed by atoms with Gasteiger partial charge >= 0.3 is 6.01 Å². The van der Waals surface area contributed by atoms with Gasteiger partial charge in [-0.1, -0.05) is 22.8 Å². The average Bonchev–Trinajstić information content (AvgIpc) is 3.25. The monoisotopic (exact) mass is 399 g/mol. The summed E-state index contributed by atoms with van der Waals surface area (Å²) in [6, 6.07) is 8.57. The summed E-state index contributed by atoms with van der Waals surface area (Å²) in [6.07, 6.45) is 1.59. The number of morpholine rings is 1. The van der Waals surface area contributed by atoms with Crippen molar-refractivity contribution in [3.8, 4) is 11.5 Å². The molecular weight excluding hydrogens is 370 g/mol. The van der Waals surface area contributed by atoms with Gasteiger partial charge in [-0.2, -0.15) is 0 Å². The first-order valence-corrected chi connectivity index (χ1v) is 10.4. The summed E-state index contributed by atoms with van der Waals surface area (Å²) in [7, 11) is 0. The molecule has 2 aromatic rings. The highest BCUT2D eigenvalue weighted by Gasteiger charge is 2.27. The molecule has 0 bridgehead atoms. The van der Waals surface area contributed by atoms with E-state index in [1.54, 1.807) is 0 Å². The predicted molar refractivity (Wildman–Crippen MR) is 110 cm³/mol. The fourth-order valence-corrected chi connectivity index (χ4v) is 3.80. The molecule has 0 aliphatic carbocycles. The molecule has 0 spiro atoms. The van der Waals surface area contributed by atoms with Crippen molar-refractivity contribution in [1.82, 2.24) is 20.4 Å². The number of nitrogens with one attached hydrogen (secondary N) is 1. The highest BCUT2D eigenvalue weighted by Crippen LogP contribution is 2.26. The quantitative estimate of drug-likeness (QED) is 0.792. The van der Waals surface area contributed by atoms with Crippen LogP contribution in [0.2, 0.25) is 0 Å². The van der Waals surface area contributed by atoms with Crippen molar-refractivity contribution >= 4 is 11.9 Å². The van der Waals surface area contributed by atoms with Gasteiger partial charge < -0.3 is 19.4 Å². The molecule has 156 valence electrons. The van der Waals surface area contributed by atoms with Crippen molar-refractivity contribution in [2.24, 2.45) is 5.92 Å². The highest BCUT2D eigenvalue weighted by atomic mass is 16.5. The molecule has 2 saturated heterocycles. The third-order valence-corrected chi connectivity index (χ3v) is 5.68. The number of aryl methyl sites for hydroxylation is 1. The molecule has 0 unspecified atom stereocenters. The molecule has 8 heteroatoms. The van der Waals surface area contributed by atoms with E-state index in [0.717, 1.165) is 64.3 Å². The summed E-state index contributed by atoms with van der Waals surface area (Å²) < 4.78 is 11.2. The molecule has 0 saturated carbocycles. The van der Waals surface area contributed by atoms with Gasteiger partial charge in [-0.05, 0) is 31.9 Å². The van der Waals surface area contributed by atoms with Gasteiger partial charge in [0.05, 0.1) is 13.2 Å². The number of benzene rings is 1. The van der Waals surface area contributed by atoms with E-state index in [1.165, 1.54) is 5.56 Å². The molecule has 1 aromatic carbocycles. The number of anilines is 1. The van der Waals surface area contributed by atoms with Gasteiger partial charge in [0.1, 0.15) is 0 Å². The Bertz CT molecular complexity index is 793. The molecule has 8 nitrogen and oxygen atoms in total. The van der Waals surface area contributed by atoms with E-state index in [0.29, 0.717) is 18.5 Å². The third-order valence-electron chi connectivity index (χ3n) is 5.68. The Balaban J connectivity index is 1.23. The van der Waals surface area contributed by atoms with Gasteiger partial charge in [0, 0.05) is 50.7 Å². The van der Waals surface area contributed by atoms with E-state index < -0.39 is 0 Å². The first-order valence-electron chi connectivity index (χ1n) is 10.4. The van der Waals surface area contributed by atoms with Crippen molar-refractivity contribution in [3.63, 3.8) is 0 Å². The third kappa shape index (κ3) is 5.13. The number of hydrogen-bond acceptors (Lipinski definition) is 7. The first kappa shape index (κ1) is 19.8. The normalized spacial score (nSPS) is 18.7. The van der Waals surface area contributed by atoms with Crippen LogP contribution in [0.1, 0.15) is 18.4 Å². The van der Waals surface area contributed by atoms with E-state index >= 15 is 0 Å². The Morgan fingerprint density at radius 2 is 1.83 bits per heavy atom. The van der Waals surface area contributed by atoms with Gasteiger partial charge in [-0.25, -0.2) is 0 Å². The molecule has 29 heavy (non-hydrogen) atoms. The largest absolute Gasteiger partial charge is 0.403 e. The number of nitrogens with zero attached hydrogens (tertiary/aromatic N) is 4. The van der Waals surface area contributed by atoms with Gasteiger partial charge in [0.25, 0.3) is 0 Å². The van der Waals surface area contributed by atoms with Crippen molar-refractivity contribution in [3.05, 3.63) is 29.8 Å². The first-order chi connectivity index (χ1) is 14.2. The molecule has 1 N–H and O–H groups in total. The van der Waals surface area contributed by atoms with Crippen LogP contribution in [0.5, 0.6) is 0 Å². The lowest BCUT2D eigenvalue weighted by Gasteiger charge is -2.30. The maximum atomic E-state index is 12.5. The van der Waals surface area contributed by atoms with Gasteiger partial charge in [-0.3, -0.25) is 9.69 Å². The zero-order valence-corrected chi connectivity index (χ0v) is 17.0. The molecule has 2 aliphatic heterocycles. The summed E-state index contributed by atoms with van der Waals surface area (Å²) in [5, 5.41) is 11.5. The van der Waals surface area contributed by atoms with E-state index in [9.17, 15) is 4.79 Å². The molecule has 4 rings (SSSR count). The van der Waals surface area contributed by atoms with Crippen LogP contribution in [0.3, 0.4) is 0 Å². The maximum absolute atomic E-state index is 12.5. The van der Waals surface area contributed by atoms with Crippen molar-refractivity contribution in [2.45, 2.75) is 19.8 Å². The SMILES string of the molecule is Cc1ccc(-c2nnc(N3CCC(C(=O)NCCN4CCOCC4)CC3)o2)cc1. The molecular formula is C21H29N5O3. The van der Waals surface area contributed by atoms with Crippen LogP contribution < -0.4 is 10.2 Å². The van der Waals surface area contributed by atoms with Crippen molar-refractivity contribution in [1.29, 1.82) is 0 Å². The zero-order chi connectivity index (χ0) is 20.1. The summed E-state index contributed by atoms with van der Waals surface area (Å²) in [4.78, 5) is 16.9. The summed E-state index contributed by atoms with van der Waals surface area (Å²) >= 11 is 0. The number of piperidine rings is 1. The second-order valence-corrected chi connectivity index (χ2v) is 7.76. The number of hydrogen-bond donors (Lipinski definition) is 1. The Kier molecular flexibility index (Phi) is 6.41. The minimum atomic E-state index is 0.0513. The Labute approximate surface area is 171 Å². The smallest absolute Gasteiger partial charge is 0.318 e. The van der Waals surface area contributed by atoms with Gasteiger partial charge in [0.15, 0.2) is 0 Å². The summed E-state index contributed by atoms with van der Waals surface area (Å²) in [5.41, 5.74) is 2.11. The van der Waals surface area contributed by atoms with Crippen LogP contribution in [0.15, 0.2) is 28.7 Å². The van der Waals surface area contributed by atoms with Crippen LogP contribution in [-0.4, -0.2) is 73.5 Å². The standard InChI is InChI=1S/C21H29N5O3/c1-16-2-4-18(5-3-16)20-23-24-21(29-20)26-9-6-17(7-10-26)19(27)22-8-11-25-12-14-28-15-13-25/h2-5,17H,6-15H2,1H3,(H,22,27). The Morgan fingerprint density at radius 1 is 1.10 bits per heavy atom. The Morgan fingerprint density at radius 3 is 2.55 bits per heavy atom. The molecule has 1 amide bonds. The van der Waals surface area contributed by atoms with E-state index in [-0.39, 0.29) is 11.8 Å². The maximum Gasteiger partial charge on any atom is 0.318 e. The zero-order valence-electron chi connectivity index (χ0n) is 17.0. The fraction of sp³-hybridized carbons (Fsp3) is 0.571. The number of carbonyl (C=O) groups is 1. The average molecular weight is 399 g/mol. The second kappa shape index (κ2) is 9.37. The topological polar surface area (TPSA) is 83.7 Å². The lowest BCUT2D eigenvalue weighted by atomic mass is 9.96. The Hall–Kier alpha value is -2.45. The van der Waals surface area contributed by atoms with Crippen molar-refractivity contribution in [2.75, 3.05) is 57.4 Å². The van der Waals surface area contributed by atoms with Gasteiger partial charge in [-0.15, -0.1) is 5.10 Å². The van der Waals surface area contributed by atoms with E-state index in [2.05, 4.69) is 25.3 Å². The number of amides is 1. The predicted octanol–water partition coefficient (Wildman–Crippen LogP) is 1.71. The molecule has 0 atom stereocenters. The second-order valence-electron chi connectivity index (χ2n) is 7.76. The van der Waals surface area contributed by atoms with Crippen LogP contribution in [0, 0.1) is 12.8 Å². The number of carbonyl (C=O) groups excluding carboxylic acids is 1. The van der Waals surface area contributed by atoms with Crippen molar-refractivity contribution < 1.29 is 13.9 Å². The van der Waals surface area contributed by atoms with Crippen LogP contribution in [0.4, 0.5) is 6.01 Å². The molecule has 1 aromatic heterocycles. The molecule has 3 heterocycles. The van der Waals surface area contributed by atoms with E-state index in [4.69, 9.17) is 9.15 Å². The van der Waals surface area contributed by atoms with Crippen LogP contribution in [-0.2, 0) is 9.53 Å². The lowest BCUT2D eigenvalue weighted by molar-refractivity contribution is -0.125. The number of ether oxygens (including phenoxy) is 1. The number of rotatable bonds is 6. The van der Waals surface area contributed by atoms with Crippen LogP contribution >= 0.6 is 0 Å². The lowest BCUT2D eigenvalue weighted by Crippen LogP contribution is -2.44. The molecule has 0 radical (unpaired) electrons. The van der Waals surface area contributed by atoms with Crippen LogP contribution in [0.25, 0.3) is 11.5 Å².